The van der Waals surface area contributed by atoms with Crippen LogP contribution in [0.2, 0.25) is 0 Å². The standard InChI is InChI=1S/C13H24N2O2/c1-4-14-10-7-11-5-6-12(8-10)15(11)9(2)13(16)17-3/h9-12,14H,4-8H2,1-3H3. The van der Waals surface area contributed by atoms with Crippen molar-refractivity contribution in [1.29, 1.82) is 0 Å². The average molecular weight is 240 g/mol. The van der Waals surface area contributed by atoms with E-state index in [0.29, 0.717) is 18.1 Å². The van der Waals surface area contributed by atoms with Gasteiger partial charge in [-0.2, -0.15) is 0 Å². The molecule has 2 heterocycles. The molecule has 2 aliphatic heterocycles. The molecule has 0 aromatic heterocycles. The highest BCUT2D eigenvalue weighted by molar-refractivity contribution is 5.75. The van der Waals surface area contributed by atoms with Crippen LogP contribution in [0.3, 0.4) is 0 Å². The largest absolute Gasteiger partial charge is 0.468 e. The predicted molar refractivity (Wildman–Crippen MR) is 66.8 cm³/mol. The van der Waals surface area contributed by atoms with Gasteiger partial charge in [0, 0.05) is 18.1 Å². The SMILES string of the molecule is CCNC1CC2CCC(C1)N2C(C)C(=O)OC. The number of hydrogen-bond acceptors (Lipinski definition) is 4. The van der Waals surface area contributed by atoms with Crippen LogP contribution in [0.5, 0.6) is 0 Å². The van der Waals surface area contributed by atoms with Crippen LogP contribution in [0.15, 0.2) is 0 Å². The van der Waals surface area contributed by atoms with E-state index in [1.54, 1.807) is 0 Å². The topological polar surface area (TPSA) is 41.6 Å². The van der Waals surface area contributed by atoms with Crippen LogP contribution in [0.1, 0.15) is 39.5 Å². The van der Waals surface area contributed by atoms with E-state index in [1.807, 2.05) is 6.92 Å². The molecule has 1 N–H and O–H groups in total. The molecule has 0 aliphatic carbocycles. The Kier molecular flexibility index (Phi) is 4.05. The van der Waals surface area contributed by atoms with Crippen molar-refractivity contribution in [3.63, 3.8) is 0 Å². The first kappa shape index (κ1) is 12.8. The third-order valence-corrected chi connectivity index (χ3v) is 4.27. The number of esters is 1. The molecule has 0 saturated carbocycles. The Hall–Kier alpha value is -0.610. The molecule has 2 bridgehead atoms. The number of ether oxygens (including phenoxy) is 1. The van der Waals surface area contributed by atoms with Crippen LogP contribution >= 0.6 is 0 Å². The molecule has 2 rings (SSSR count). The Bertz CT molecular complexity index is 269. The number of carbonyl (C=O) groups excluding carboxylic acids is 1. The first-order valence-corrected chi connectivity index (χ1v) is 6.76. The maximum atomic E-state index is 11.7. The number of nitrogens with zero attached hydrogens (tertiary/aromatic N) is 1. The van der Waals surface area contributed by atoms with Crippen molar-refractivity contribution in [3.05, 3.63) is 0 Å². The van der Waals surface area contributed by atoms with Crippen molar-refractivity contribution in [2.24, 2.45) is 0 Å². The van der Waals surface area contributed by atoms with Gasteiger partial charge >= 0.3 is 5.97 Å². The van der Waals surface area contributed by atoms with E-state index in [1.165, 1.54) is 32.8 Å². The van der Waals surface area contributed by atoms with E-state index < -0.39 is 0 Å². The Morgan fingerprint density at radius 2 is 2.00 bits per heavy atom. The van der Waals surface area contributed by atoms with Crippen LogP contribution in [-0.2, 0) is 9.53 Å². The summed E-state index contributed by atoms with van der Waals surface area (Å²) in [5.41, 5.74) is 0. The summed E-state index contributed by atoms with van der Waals surface area (Å²) >= 11 is 0. The fourth-order valence-corrected chi connectivity index (χ4v) is 3.59. The molecule has 0 aromatic rings. The second-order valence-electron chi connectivity index (χ2n) is 5.26. The molecule has 3 atom stereocenters. The summed E-state index contributed by atoms with van der Waals surface area (Å²) in [6.45, 7) is 5.17. The lowest BCUT2D eigenvalue weighted by Gasteiger charge is -2.41. The Morgan fingerprint density at radius 1 is 1.41 bits per heavy atom. The normalized spacial score (nSPS) is 34.6. The fourth-order valence-electron chi connectivity index (χ4n) is 3.59. The number of rotatable bonds is 4. The van der Waals surface area contributed by atoms with Gasteiger partial charge < -0.3 is 10.1 Å². The Balaban J connectivity index is 2.01. The van der Waals surface area contributed by atoms with E-state index in [0.717, 1.165) is 6.54 Å². The first-order chi connectivity index (χ1) is 8.17. The molecule has 4 nitrogen and oxygen atoms in total. The predicted octanol–water partition coefficient (Wildman–Crippen LogP) is 1.15. The molecule has 17 heavy (non-hydrogen) atoms. The van der Waals surface area contributed by atoms with Crippen molar-refractivity contribution < 1.29 is 9.53 Å². The first-order valence-electron chi connectivity index (χ1n) is 6.76. The van der Waals surface area contributed by atoms with Gasteiger partial charge in [0.2, 0.25) is 0 Å². The van der Waals surface area contributed by atoms with Crippen LogP contribution < -0.4 is 5.32 Å². The minimum Gasteiger partial charge on any atom is -0.468 e. The highest BCUT2D eigenvalue weighted by Gasteiger charge is 2.44. The molecule has 2 aliphatic rings. The third kappa shape index (κ3) is 2.47. The van der Waals surface area contributed by atoms with Crippen molar-refractivity contribution in [2.75, 3.05) is 13.7 Å². The van der Waals surface area contributed by atoms with E-state index in [2.05, 4.69) is 17.1 Å². The maximum absolute atomic E-state index is 11.7. The lowest BCUT2D eigenvalue weighted by atomic mass is 9.95. The molecular formula is C13H24N2O2. The zero-order valence-electron chi connectivity index (χ0n) is 11.1. The fraction of sp³-hybridized carbons (Fsp3) is 0.923. The van der Waals surface area contributed by atoms with Crippen LogP contribution in [-0.4, -0.2) is 48.7 Å². The summed E-state index contributed by atoms with van der Waals surface area (Å²) in [6.07, 6.45) is 4.80. The van der Waals surface area contributed by atoms with Gasteiger partial charge in [0.05, 0.1) is 7.11 Å². The Labute approximate surface area is 104 Å². The molecule has 4 heteroatoms. The van der Waals surface area contributed by atoms with Crippen LogP contribution in [0.4, 0.5) is 0 Å². The van der Waals surface area contributed by atoms with Crippen LogP contribution in [0, 0.1) is 0 Å². The molecular weight excluding hydrogens is 216 g/mol. The molecule has 3 unspecified atom stereocenters. The van der Waals surface area contributed by atoms with Crippen molar-refractivity contribution in [1.82, 2.24) is 10.2 Å². The molecule has 0 aromatic carbocycles. The summed E-state index contributed by atoms with van der Waals surface area (Å²) < 4.78 is 4.87. The van der Waals surface area contributed by atoms with Crippen molar-refractivity contribution in [2.45, 2.75) is 63.7 Å². The molecule has 98 valence electrons. The smallest absolute Gasteiger partial charge is 0.322 e. The van der Waals surface area contributed by atoms with Crippen molar-refractivity contribution in [3.8, 4) is 0 Å². The number of carbonyl (C=O) groups is 1. The van der Waals surface area contributed by atoms with Gasteiger partial charge in [0.25, 0.3) is 0 Å². The molecule has 0 radical (unpaired) electrons. The zero-order valence-corrected chi connectivity index (χ0v) is 11.1. The highest BCUT2D eigenvalue weighted by atomic mass is 16.5. The van der Waals surface area contributed by atoms with Gasteiger partial charge in [-0.25, -0.2) is 0 Å². The van der Waals surface area contributed by atoms with E-state index in [4.69, 9.17) is 4.74 Å². The number of hydrogen-bond donors (Lipinski definition) is 1. The molecule has 0 spiro atoms. The van der Waals surface area contributed by atoms with Crippen molar-refractivity contribution >= 4 is 5.97 Å². The van der Waals surface area contributed by atoms with E-state index in [-0.39, 0.29) is 12.0 Å². The number of nitrogens with one attached hydrogen (secondary N) is 1. The summed E-state index contributed by atoms with van der Waals surface area (Å²) in [5, 5.41) is 3.55. The minimum absolute atomic E-state index is 0.0833. The second-order valence-corrected chi connectivity index (χ2v) is 5.26. The third-order valence-electron chi connectivity index (χ3n) is 4.27. The number of methoxy groups -OCH3 is 1. The lowest BCUT2D eigenvalue weighted by Crippen LogP contribution is -2.54. The van der Waals surface area contributed by atoms with Gasteiger partial charge in [0.1, 0.15) is 6.04 Å². The average Bonchev–Trinajstić information content (AvgIpc) is 2.59. The van der Waals surface area contributed by atoms with E-state index >= 15 is 0 Å². The maximum Gasteiger partial charge on any atom is 0.322 e. The van der Waals surface area contributed by atoms with E-state index in [9.17, 15) is 4.79 Å². The lowest BCUT2D eigenvalue weighted by molar-refractivity contribution is -0.148. The summed E-state index contributed by atoms with van der Waals surface area (Å²) in [4.78, 5) is 14.0. The summed E-state index contributed by atoms with van der Waals surface area (Å²) in [5.74, 6) is -0.0937. The summed E-state index contributed by atoms with van der Waals surface area (Å²) in [7, 11) is 1.48. The number of piperidine rings is 1. The quantitative estimate of drug-likeness (QED) is 0.749. The second kappa shape index (κ2) is 5.36. The summed E-state index contributed by atoms with van der Waals surface area (Å²) in [6, 6.07) is 1.68. The molecule has 0 amide bonds. The van der Waals surface area contributed by atoms with Gasteiger partial charge in [-0.1, -0.05) is 6.92 Å². The minimum atomic E-state index is -0.0937. The Morgan fingerprint density at radius 3 is 2.47 bits per heavy atom. The van der Waals surface area contributed by atoms with Gasteiger partial charge in [-0.3, -0.25) is 9.69 Å². The molecule has 2 fully saturated rings. The molecule has 2 saturated heterocycles. The highest BCUT2D eigenvalue weighted by Crippen LogP contribution is 2.37. The monoisotopic (exact) mass is 240 g/mol. The van der Waals surface area contributed by atoms with Gasteiger partial charge in [-0.15, -0.1) is 0 Å². The number of fused-ring (bicyclic) bond motifs is 2. The zero-order chi connectivity index (χ0) is 12.4. The van der Waals surface area contributed by atoms with Gasteiger partial charge in [-0.05, 0) is 39.2 Å². The van der Waals surface area contributed by atoms with Gasteiger partial charge in [0.15, 0.2) is 0 Å². The van der Waals surface area contributed by atoms with Crippen LogP contribution in [0.25, 0.3) is 0 Å².